The molecule has 0 aliphatic carbocycles. The van der Waals surface area contributed by atoms with Crippen molar-refractivity contribution in [1.82, 2.24) is 10.6 Å². The lowest BCUT2D eigenvalue weighted by Crippen LogP contribution is -2.24. The summed E-state index contributed by atoms with van der Waals surface area (Å²) in [6.45, 7) is 4.44. The van der Waals surface area contributed by atoms with E-state index in [9.17, 15) is 4.79 Å². The molecule has 0 aromatic rings. The summed E-state index contributed by atoms with van der Waals surface area (Å²) in [5.41, 5.74) is 0. The number of amides is 1. The van der Waals surface area contributed by atoms with Gasteiger partial charge in [-0.15, -0.1) is 5.92 Å². The first kappa shape index (κ1) is 20.5. The summed E-state index contributed by atoms with van der Waals surface area (Å²) < 4.78 is 10.5. The number of unbranched alkanes of at least 4 members (excludes halogenated alkanes) is 1. The number of alkyl carbamates (subject to hydrolysis) is 1. The maximum absolute atomic E-state index is 11.2. The van der Waals surface area contributed by atoms with E-state index in [4.69, 9.17) is 9.47 Å². The molecule has 0 spiro atoms. The monoisotopic (exact) mass is 334 g/mol. The Kier molecular flexibility index (Phi) is 17.0. The van der Waals surface area contributed by atoms with Crippen molar-refractivity contribution in [2.45, 2.75) is 26.2 Å². The molecule has 1 amide bonds. The van der Waals surface area contributed by atoms with Crippen LogP contribution in [0, 0.1) is 11.8 Å². The highest BCUT2D eigenvalue weighted by Crippen LogP contribution is 2.20. The molecule has 0 heterocycles. The molecule has 7 heteroatoms. The predicted octanol–water partition coefficient (Wildman–Crippen LogP) is 2.48. The number of rotatable bonds is 12. The van der Waals surface area contributed by atoms with Gasteiger partial charge in [-0.3, -0.25) is 0 Å². The van der Waals surface area contributed by atoms with Crippen molar-refractivity contribution >= 4 is 27.7 Å². The van der Waals surface area contributed by atoms with E-state index < -0.39 is 6.09 Å². The van der Waals surface area contributed by atoms with Crippen LogP contribution in [0.1, 0.15) is 26.2 Å². The van der Waals surface area contributed by atoms with Crippen molar-refractivity contribution < 1.29 is 14.3 Å². The Balaban J connectivity index is 3.16. The molecule has 0 aromatic carbocycles. The van der Waals surface area contributed by atoms with E-state index in [1.807, 2.05) is 14.0 Å². The quantitative estimate of drug-likeness (QED) is 0.247. The molecular weight excluding hydrogens is 308 g/mol. The number of hydrogen-bond acceptors (Lipinski definition) is 6. The average molecular weight is 335 g/mol. The zero-order valence-electron chi connectivity index (χ0n) is 12.9. The first-order valence-electron chi connectivity index (χ1n) is 7.14. The molecule has 122 valence electrons. The predicted molar refractivity (Wildman–Crippen MR) is 91.4 cm³/mol. The largest absolute Gasteiger partial charge is 0.450 e. The summed E-state index contributed by atoms with van der Waals surface area (Å²) in [6.07, 6.45) is 2.09. The molecule has 0 saturated carbocycles. The molecule has 0 rings (SSSR count). The second-order valence-electron chi connectivity index (χ2n) is 3.97. The van der Waals surface area contributed by atoms with Gasteiger partial charge >= 0.3 is 6.09 Å². The van der Waals surface area contributed by atoms with Crippen molar-refractivity contribution in [2.24, 2.45) is 0 Å². The van der Waals surface area contributed by atoms with E-state index in [0.29, 0.717) is 25.7 Å². The van der Waals surface area contributed by atoms with Gasteiger partial charge in [-0.25, -0.2) is 4.79 Å². The van der Waals surface area contributed by atoms with E-state index in [2.05, 4.69) is 22.5 Å². The molecule has 0 atom stereocenters. The summed E-state index contributed by atoms with van der Waals surface area (Å²) in [5.74, 6) is 7.47. The van der Waals surface area contributed by atoms with Gasteiger partial charge in [0.1, 0.15) is 5.94 Å². The molecular formula is C14H26N2O3S2. The van der Waals surface area contributed by atoms with Crippen LogP contribution in [0.4, 0.5) is 4.79 Å². The van der Waals surface area contributed by atoms with Crippen molar-refractivity contribution in [3.8, 4) is 11.8 Å². The molecule has 0 aromatic heterocycles. The molecule has 0 bridgehead atoms. The van der Waals surface area contributed by atoms with E-state index in [1.165, 1.54) is 0 Å². The molecule has 0 saturated heterocycles. The zero-order valence-corrected chi connectivity index (χ0v) is 14.5. The molecule has 5 nitrogen and oxygen atoms in total. The third-order valence-electron chi connectivity index (χ3n) is 2.19. The van der Waals surface area contributed by atoms with Crippen LogP contribution in [0.15, 0.2) is 0 Å². The summed E-state index contributed by atoms with van der Waals surface area (Å²) >= 11 is 0. The van der Waals surface area contributed by atoms with Crippen molar-refractivity contribution in [2.75, 3.05) is 45.0 Å². The number of carbonyl (C=O) groups is 1. The van der Waals surface area contributed by atoms with E-state index >= 15 is 0 Å². The standard InChI is InChI=1S/C14H26N2O3S2/c1-3-4-5-8-16-14(17)19-11-7-6-10-18-13-21-20-12-9-15-2/h15H,3,6-13H2,1-2H3,(H,16,17). The smallest absolute Gasteiger partial charge is 0.407 e. The third-order valence-corrected chi connectivity index (χ3v) is 4.28. The maximum atomic E-state index is 11.2. The average Bonchev–Trinajstić information content (AvgIpc) is 2.49. The highest BCUT2D eigenvalue weighted by atomic mass is 33.1. The SMILES string of the molecule is CCC#CCNC(=O)OCCCCOCSSCCNC. The normalized spacial score (nSPS) is 9.81. The van der Waals surface area contributed by atoms with Crippen molar-refractivity contribution in [1.29, 1.82) is 0 Å². The van der Waals surface area contributed by atoms with E-state index in [-0.39, 0.29) is 0 Å². The number of hydrogen-bond donors (Lipinski definition) is 2. The van der Waals surface area contributed by atoms with Gasteiger partial charge in [0.05, 0.1) is 13.2 Å². The van der Waals surface area contributed by atoms with Gasteiger partial charge in [-0.1, -0.05) is 34.4 Å². The maximum Gasteiger partial charge on any atom is 0.407 e. The number of ether oxygens (including phenoxy) is 2. The Hall–Kier alpha value is -0.550. The van der Waals surface area contributed by atoms with Crippen LogP contribution in [0.3, 0.4) is 0 Å². The molecule has 2 N–H and O–H groups in total. The Labute approximate surface area is 136 Å². The van der Waals surface area contributed by atoms with Crippen LogP contribution >= 0.6 is 21.6 Å². The molecule has 0 radical (unpaired) electrons. The highest BCUT2D eigenvalue weighted by Gasteiger charge is 1.99. The molecule has 0 aliphatic heterocycles. The fourth-order valence-corrected chi connectivity index (χ4v) is 2.83. The van der Waals surface area contributed by atoms with Crippen LogP contribution in [0.25, 0.3) is 0 Å². The van der Waals surface area contributed by atoms with Crippen molar-refractivity contribution in [3.63, 3.8) is 0 Å². The van der Waals surface area contributed by atoms with Gasteiger partial charge in [0.2, 0.25) is 0 Å². The lowest BCUT2D eigenvalue weighted by Gasteiger charge is -2.05. The minimum Gasteiger partial charge on any atom is -0.450 e. The van der Waals surface area contributed by atoms with Gasteiger partial charge in [0.25, 0.3) is 0 Å². The summed E-state index contributed by atoms with van der Waals surface area (Å²) in [5, 5.41) is 5.67. The van der Waals surface area contributed by atoms with Crippen LogP contribution in [0.5, 0.6) is 0 Å². The molecule has 21 heavy (non-hydrogen) atoms. The summed E-state index contributed by atoms with van der Waals surface area (Å²) in [6, 6.07) is 0. The van der Waals surface area contributed by atoms with E-state index in [1.54, 1.807) is 21.6 Å². The molecule has 0 unspecified atom stereocenters. The van der Waals surface area contributed by atoms with Gasteiger partial charge < -0.3 is 20.1 Å². The lowest BCUT2D eigenvalue weighted by molar-refractivity contribution is 0.134. The van der Waals surface area contributed by atoms with E-state index in [0.717, 1.165) is 31.6 Å². The molecule has 0 fully saturated rings. The summed E-state index contributed by atoms with van der Waals surface area (Å²) in [4.78, 5) is 11.2. The Bertz CT molecular complexity index is 306. The Morgan fingerprint density at radius 1 is 1.19 bits per heavy atom. The Morgan fingerprint density at radius 2 is 2.00 bits per heavy atom. The first-order valence-corrected chi connectivity index (χ1v) is 9.63. The van der Waals surface area contributed by atoms with Gasteiger partial charge in [0.15, 0.2) is 0 Å². The number of carbonyl (C=O) groups excluding carboxylic acids is 1. The fraction of sp³-hybridized carbons (Fsp3) is 0.786. The van der Waals surface area contributed by atoms with Crippen LogP contribution in [-0.2, 0) is 9.47 Å². The second-order valence-corrected chi connectivity index (χ2v) is 6.50. The topological polar surface area (TPSA) is 59.6 Å². The van der Waals surface area contributed by atoms with Crippen LogP contribution < -0.4 is 10.6 Å². The van der Waals surface area contributed by atoms with Crippen LogP contribution in [0.2, 0.25) is 0 Å². The minimum absolute atomic E-state index is 0.345. The van der Waals surface area contributed by atoms with Gasteiger partial charge in [0, 0.05) is 25.3 Å². The number of nitrogens with one attached hydrogen (secondary N) is 2. The van der Waals surface area contributed by atoms with Crippen LogP contribution in [-0.4, -0.2) is 51.1 Å². The Morgan fingerprint density at radius 3 is 2.76 bits per heavy atom. The minimum atomic E-state index is -0.405. The fourth-order valence-electron chi connectivity index (χ4n) is 1.16. The molecule has 0 aliphatic rings. The second kappa shape index (κ2) is 17.5. The van der Waals surface area contributed by atoms with Crippen molar-refractivity contribution in [3.05, 3.63) is 0 Å². The zero-order chi connectivity index (χ0) is 15.6. The van der Waals surface area contributed by atoms with Gasteiger partial charge in [-0.05, 0) is 19.9 Å². The third kappa shape index (κ3) is 17.4. The lowest BCUT2D eigenvalue weighted by atomic mass is 10.3. The summed E-state index contributed by atoms with van der Waals surface area (Å²) in [7, 11) is 5.47. The van der Waals surface area contributed by atoms with Gasteiger partial charge in [-0.2, -0.15) is 0 Å². The highest BCUT2D eigenvalue weighted by molar-refractivity contribution is 8.76. The first-order chi connectivity index (χ1) is 10.3.